The maximum atomic E-state index is 5.27. The molecule has 0 unspecified atom stereocenters. The van der Waals surface area contributed by atoms with E-state index in [1.807, 2.05) is 121 Å². The summed E-state index contributed by atoms with van der Waals surface area (Å²) in [4.78, 5) is 30.8. The lowest BCUT2D eigenvalue weighted by molar-refractivity contribution is 1.06. The third kappa shape index (κ3) is 6.70. The zero-order valence-electron chi connectivity index (χ0n) is 32.8. The van der Waals surface area contributed by atoms with Crippen molar-refractivity contribution in [2.45, 2.75) is 0 Å². The first-order chi connectivity index (χ1) is 30.2. The first-order valence-electron chi connectivity index (χ1n) is 20.2. The van der Waals surface area contributed by atoms with Gasteiger partial charge in [-0.15, -0.1) is 0 Å². The normalized spacial score (nSPS) is 11.3. The van der Waals surface area contributed by atoms with Gasteiger partial charge in [0, 0.05) is 44.2 Å². The molecule has 0 atom stereocenters. The van der Waals surface area contributed by atoms with E-state index in [9.17, 15) is 0 Å². The van der Waals surface area contributed by atoms with Gasteiger partial charge in [0.2, 0.25) is 0 Å². The lowest BCUT2D eigenvalue weighted by Crippen LogP contribution is -2.05. The highest BCUT2D eigenvalue weighted by molar-refractivity contribution is 6.16. The van der Waals surface area contributed by atoms with Crippen LogP contribution < -0.4 is 0 Å². The van der Waals surface area contributed by atoms with Crippen LogP contribution >= 0.6 is 0 Å². The lowest BCUT2D eigenvalue weighted by Gasteiger charge is -2.16. The predicted octanol–water partition coefficient (Wildman–Crippen LogP) is 12.8. The first-order valence-corrected chi connectivity index (χ1v) is 20.2. The highest BCUT2D eigenvalue weighted by Gasteiger charge is 2.23. The number of rotatable bonds is 8. The minimum Gasteiger partial charge on any atom is -0.308 e. The molecule has 11 rings (SSSR count). The van der Waals surface area contributed by atoms with Crippen LogP contribution in [0.4, 0.5) is 0 Å². The molecule has 3 heterocycles. The fourth-order valence-corrected chi connectivity index (χ4v) is 8.05. The van der Waals surface area contributed by atoms with Crippen LogP contribution in [0.5, 0.6) is 0 Å². The fourth-order valence-electron chi connectivity index (χ4n) is 8.05. The molecule has 0 aliphatic heterocycles. The number of fused-ring (bicyclic) bond motifs is 3. The highest BCUT2D eigenvalue weighted by Crippen LogP contribution is 2.41. The quantitative estimate of drug-likeness (QED) is 0.153. The third-order valence-corrected chi connectivity index (χ3v) is 10.9. The Morgan fingerprint density at radius 2 is 0.656 bits per heavy atom. The molecule has 0 radical (unpaired) electrons. The van der Waals surface area contributed by atoms with E-state index in [-0.39, 0.29) is 0 Å². The Balaban J connectivity index is 1.21. The summed E-state index contributed by atoms with van der Waals surface area (Å²) in [6.45, 7) is 0. The van der Waals surface area contributed by atoms with Crippen molar-refractivity contribution >= 4 is 21.8 Å². The van der Waals surface area contributed by atoms with Crippen LogP contribution in [0.25, 0.3) is 107 Å². The number of para-hydroxylation sites is 1. The summed E-state index contributed by atoms with van der Waals surface area (Å²) in [5.74, 6) is 3.39. The summed E-state index contributed by atoms with van der Waals surface area (Å²) in [7, 11) is 0. The molecule has 7 nitrogen and oxygen atoms in total. The second-order valence-electron chi connectivity index (χ2n) is 14.7. The summed E-state index contributed by atoms with van der Waals surface area (Å²) in [6.07, 6.45) is 0. The van der Waals surface area contributed by atoms with Crippen LogP contribution in [0.2, 0.25) is 0 Å². The van der Waals surface area contributed by atoms with E-state index in [1.165, 1.54) is 5.39 Å². The molecule has 61 heavy (non-hydrogen) atoms. The standard InChI is InChI=1S/C54H35N7/c1-6-19-36(20-7-1)42-30-18-32-47-48(42)43-29-16-17-31-45(43)61(47)46-34-33-41(53-57-49(37-21-8-2-9-22-37)55-50(58-53)38-23-10-3-11-24-38)35-44(46)54-59-51(39-25-12-4-13-26-39)56-52(60-54)40-27-14-5-15-28-40/h1-35H. The third-order valence-electron chi connectivity index (χ3n) is 10.9. The van der Waals surface area contributed by atoms with E-state index in [0.717, 1.165) is 66.6 Å². The second-order valence-corrected chi connectivity index (χ2v) is 14.7. The molecule has 0 fully saturated rings. The van der Waals surface area contributed by atoms with Crippen LogP contribution in [0.15, 0.2) is 212 Å². The molecule has 0 N–H and O–H groups in total. The smallest absolute Gasteiger partial charge is 0.166 e. The van der Waals surface area contributed by atoms with Gasteiger partial charge in [-0.05, 0) is 41.5 Å². The minimum absolute atomic E-state index is 0.523. The van der Waals surface area contributed by atoms with Gasteiger partial charge in [-0.1, -0.05) is 182 Å². The molecule has 0 bridgehead atoms. The molecule has 3 aromatic heterocycles. The number of aromatic nitrogens is 7. The second kappa shape index (κ2) is 15.4. The number of benzene rings is 8. The zero-order chi connectivity index (χ0) is 40.5. The van der Waals surface area contributed by atoms with E-state index >= 15 is 0 Å². The van der Waals surface area contributed by atoms with Gasteiger partial charge in [0.05, 0.1) is 16.7 Å². The van der Waals surface area contributed by atoms with Gasteiger partial charge in [-0.25, -0.2) is 29.9 Å². The SMILES string of the molecule is c1ccc(-c2nc(-c3ccccc3)nc(-c3ccc(-n4c5ccccc5c5c(-c6ccccc6)cccc54)c(-c4nc(-c5ccccc5)nc(-c5ccccc5)n4)c3)n2)cc1. The molecule has 0 aliphatic rings. The molecule has 7 heteroatoms. The Morgan fingerprint density at radius 3 is 1.15 bits per heavy atom. The summed E-state index contributed by atoms with van der Waals surface area (Å²) < 4.78 is 2.34. The van der Waals surface area contributed by atoms with Crippen molar-refractivity contribution in [2.75, 3.05) is 0 Å². The Bertz CT molecular complexity index is 3220. The predicted molar refractivity (Wildman–Crippen MR) is 246 cm³/mol. The van der Waals surface area contributed by atoms with Gasteiger partial charge in [0.15, 0.2) is 34.9 Å². The highest BCUT2D eigenvalue weighted by atomic mass is 15.1. The Hall–Kier alpha value is -8.42. The monoisotopic (exact) mass is 781 g/mol. The van der Waals surface area contributed by atoms with Crippen LogP contribution in [0.1, 0.15) is 0 Å². The van der Waals surface area contributed by atoms with E-state index in [0.29, 0.717) is 34.9 Å². The fraction of sp³-hybridized carbons (Fsp3) is 0. The summed E-state index contributed by atoms with van der Waals surface area (Å²) in [6, 6.07) is 72.3. The van der Waals surface area contributed by atoms with E-state index < -0.39 is 0 Å². The molecule has 0 saturated heterocycles. The van der Waals surface area contributed by atoms with Gasteiger partial charge < -0.3 is 4.57 Å². The van der Waals surface area contributed by atoms with Crippen LogP contribution in [0, 0.1) is 0 Å². The molecule has 0 spiro atoms. The Labute approximate surface area is 352 Å². The first kappa shape index (κ1) is 35.7. The van der Waals surface area contributed by atoms with Crippen molar-refractivity contribution < 1.29 is 0 Å². The maximum Gasteiger partial charge on any atom is 0.166 e. The van der Waals surface area contributed by atoms with Crippen molar-refractivity contribution in [1.29, 1.82) is 0 Å². The Kier molecular flexibility index (Phi) is 9.02. The van der Waals surface area contributed by atoms with Crippen molar-refractivity contribution in [3.63, 3.8) is 0 Å². The lowest BCUT2D eigenvalue weighted by atomic mass is 9.99. The molecule has 0 amide bonds. The summed E-state index contributed by atoms with van der Waals surface area (Å²) in [5, 5.41) is 2.32. The molecular weight excluding hydrogens is 747 g/mol. The van der Waals surface area contributed by atoms with Crippen molar-refractivity contribution in [1.82, 2.24) is 34.5 Å². The average Bonchev–Trinajstić information content (AvgIpc) is 3.69. The number of nitrogens with zero attached hydrogens (tertiary/aromatic N) is 7. The molecule has 11 aromatic rings. The summed E-state index contributed by atoms with van der Waals surface area (Å²) in [5.41, 5.74) is 10.5. The van der Waals surface area contributed by atoms with Crippen LogP contribution in [0.3, 0.4) is 0 Å². The van der Waals surface area contributed by atoms with Gasteiger partial charge in [0.25, 0.3) is 0 Å². The molecule has 0 aliphatic carbocycles. The zero-order valence-corrected chi connectivity index (χ0v) is 32.8. The van der Waals surface area contributed by atoms with Crippen molar-refractivity contribution in [2.24, 2.45) is 0 Å². The molecule has 286 valence electrons. The largest absolute Gasteiger partial charge is 0.308 e. The van der Waals surface area contributed by atoms with Gasteiger partial charge >= 0.3 is 0 Å². The molecule has 0 saturated carbocycles. The van der Waals surface area contributed by atoms with Crippen LogP contribution in [-0.4, -0.2) is 34.5 Å². The van der Waals surface area contributed by atoms with Crippen molar-refractivity contribution in [3.8, 4) is 85.1 Å². The minimum atomic E-state index is 0.523. The molecule has 8 aromatic carbocycles. The van der Waals surface area contributed by atoms with E-state index in [1.54, 1.807) is 0 Å². The van der Waals surface area contributed by atoms with Gasteiger partial charge in [-0.2, -0.15) is 0 Å². The average molecular weight is 782 g/mol. The van der Waals surface area contributed by atoms with Gasteiger partial charge in [-0.3, -0.25) is 0 Å². The van der Waals surface area contributed by atoms with Crippen LogP contribution in [-0.2, 0) is 0 Å². The number of hydrogen-bond acceptors (Lipinski definition) is 6. The topological polar surface area (TPSA) is 82.3 Å². The van der Waals surface area contributed by atoms with E-state index in [4.69, 9.17) is 29.9 Å². The Morgan fingerprint density at radius 1 is 0.262 bits per heavy atom. The van der Waals surface area contributed by atoms with E-state index in [2.05, 4.69) is 95.6 Å². The number of hydrogen-bond donors (Lipinski definition) is 0. The maximum absolute atomic E-state index is 5.27. The van der Waals surface area contributed by atoms with Crippen molar-refractivity contribution in [3.05, 3.63) is 212 Å². The molecular formula is C54H35N7. The summed E-state index contributed by atoms with van der Waals surface area (Å²) >= 11 is 0. The van der Waals surface area contributed by atoms with Gasteiger partial charge in [0.1, 0.15) is 0 Å².